The minimum atomic E-state index is -0.277. The Labute approximate surface area is 196 Å². The van der Waals surface area contributed by atoms with Gasteiger partial charge in [-0.15, -0.1) is 11.3 Å². The molecule has 2 aliphatic carbocycles. The highest BCUT2D eigenvalue weighted by Crippen LogP contribution is 2.67. The SMILES string of the molecule is Cc1cnc2c(N)c(C(=O)NC[C@H](C)c3ccc(N4CC5CC6CCC65C4)cc3F)sc2n1. The summed E-state index contributed by atoms with van der Waals surface area (Å²) in [5.41, 5.74) is 9.93. The van der Waals surface area contributed by atoms with Crippen LogP contribution in [0.25, 0.3) is 10.3 Å². The smallest absolute Gasteiger partial charge is 0.263 e. The molecule has 172 valence electrons. The van der Waals surface area contributed by atoms with Crippen LogP contribution in [-0.4, -0.2) is 35.5 Å². The molecule has 2 saturated carbocycles. The van der Waals surface area contributed by atoms with E-state index in [4.69, 9.17) is 5.73 Å². The van der Waals surface area contributed by atoms with Crippen molar-refractivity contribution in [3.05, 3.63) is 46.3 Å². The lowest BCUT2D eigenvalue weighted by Crippen LogP contribution is -2.55. The predicted octanol–water partition coefficient (Wildman–Crippen LogP) is 4.49. The molecule has 0 bridgehead atoms. The van der Waals surface area contributed by atoms with Crippen LogP contribution in [0.4, 0.5) is 15.8 Å². The molecule has 6 rings (SSSR count). The summed E-state index contributed by atoms with van der Waals surface area (Å²) in [7, 11) is 0. The number of nitrogens with zero attached hydrogens (tertiary/aromatic N) is 3. The van der Waals surface area contributed by atoms with Gasteiger partial charge in [0.1, 0.15) is 21.0 Å². The van der Waals surface area contributed by atoms with E-state index in [0.717, 1.165) is 36.3 Å². The number of carbonyl (C=O) groups excluding carboxylic acids is 1. The Morgan fingerprint density at radius 3 is 2.97 bits per heavy atom. The Balaban J connectivity index is 1.12. The maximum Gasteiger partial charge on any atom is 0.263 e. The van der Waals surface area contributed by atoms with Crippen LogP contribution in [0, 0.1) is 30.0 Å². The second-order valence-electron chi connectivity index (χ2n) is 10.1. The highest BCUT2D eigenvalue weighted by Gasteiger charge is 2.64. The van der Waals surface area contributed by atoms with Gasteiger partial charge in [0.15, 0.2) is 0 Å². The molecule has 3 aliphatic rings. The van der Waals surface area contributed by atoms with Crippen molar-refractivity contribution < 1.29 is 9.18 Å². The first-order valence-corrected chi connectivity index (χ1v) is 12.5. The monoisotopic (exact) mass is 465 g/mol. The maximum absolute atomic E-state index is 15.1. The number of amides is 1. The number of fused-ring (bicyclic) bond motifs is 1. The highest BCUT2D eigenvalue weighted by atomic mass is 32.1. The molecule has 3 N–H and O–H groups in total. The van der Waals surface area contributed by atoms with Gasteiger partial charge in [-0.3, -0.25) is 4.79 Å². The third kappa shape index (κ3) is 3.14. The van der Waals surface area contributed by atoms with Gasteiger partial charge >= 0.3 is 0 Å². The fraction of sp³-hybridized carbons (Fsp3) is 0.480. The lowest BCUT2D eigenvalue weighted by Gasteiger charge is -2.60. The predicted molar refractivity (Wildman–Crippen MR) is 129 cm³/mol. The summed E-state index contributed by atoms with van der Waals surface area (Å²) < 4.78 is 15.1. The van der Waals surface area contributed by atoms with Crippen LogP contribution >= 0.6 is 11.3 Å². The quantitative estimate of drug-likeness (QED) is 0.580. The van der Waals surface area contributed by atoms with Gasteiger partial charge in [-0.1, -0.05) is 13.0 Å². The van der Waals surface area contributed by atoms with Gasteiger partial charge in [-0.05, 0) is 61.1 Å². The van der Waals surface area contributed by atoms with E-state index in [1.807, 2.05) is 26.0 Å². The fourth-order valence-electron chi connectivity index (χ4n) is 6.19. The number of thiophene rings is 1. The molecule has 3 unspecified atom stereocenters. The number of hydrogen-bond donors (Lipinski definition) is 2. The van der Waals surface area contributed by atoms with Crippen molar-refractivity contribution in [3.8, 4) is 0 Å². The van der Waals surface area contributed by atoms with E-state index in [9.17, 15) is 4.79 Å². The maximum atomic E-state index is 15.1. The van der Waals surface area contributed by atoms with Crippen molar-refractivity contribution in [2.75, 3.05) is 30.3 Å². The summed E-state index contributed by atoms with van der Waals surface area (Å²) in [6, 6.07) is 5.59. The van der Waals surface area contributed by atoms with E-state index in [-0.39, 0.29) is 17.6 Å². The Morgan fingerprint density at radius 1 is 1.42 bits per heavy atom. The number of aryl methyl sites for hydroxylation is 1. The summed E-state index contributed by atoms with van der Waals surface area (Å²) in [5, 5.41) is 2.91. The number of hydrogen-bond acceptors (Lipinski definition) is 6. The first-order valence-electron chi connectivity index (χ1n) is 11.7. The van der Waals surface area contributed by atoms with E-state index in [1.54, 1.807) is 12.3 Å². The van der Waals surface area contributed by atoms with E-state index >= 15 is 4.39 Å². The molecule has 8 heteroatoms. The second kappa shape index (κ2) is 7.38. The van der Waals surface area contributed by atoms with Crippen molar-refractivity contribution in [3.63, 3.8) is 0 Å². The minimum absolute atomic E-state index is 0.165. The standard InChI is InChI=1S/C25H28FN5OS/c1-13(9-29-23(32)22-20(27)21-24(33-22)30-14(2)10-28-21)18-4-3-17(8-19(18)26)31-11-16-7-15-5-6-25(15,16)12-31/h3-4,8,10,13,15-16H,5-7,9,11-12,27H2,1-2H3,(H,29,32)/t13-,15?,16?,25?/m0/s1. The van der Waals surface area contributed by atoms with Crippen LogP contribution in [0.3, 0.4) is 0 Å². The zero-order chi connectivity index (χ0) is 22.9. The first kappa shape index (κ1) is 20.8. The molecule has 1 aromatic carbocycles. The Morgan fingerprint density at radius 2 is 2.27 bits per heavy atom. The molecule has 1 aliphatic heterocycles. The van der Waals surface area contributed by atoms with E-state index in [0.29, 0.717) is 38.4 Å². The molecule has 1 saturated heterocycles. The molecule has 0 radical (unpaired) electrons. The van der Waals surface area contributed by atoms with Crippen molar-refractivity contribution in [1.82, 2.24) is 15.3 Å². The van der Waals surface area contributed by atoms with Gasteiger partial charge < -0.3 is 16.0 Å². The summed E-state index contributed by atoms with van der Waals surface area (Å²) in [6.07, 6.45) is 5.70. The van der Waals surface area contributed by atoms with Crippen LogP contribution in [0.1, 0.15) is 53.0 Å². The molecule has 2 aromatic heterocycles. The Kier molecular flexibility index (Phi) is 4.66. The summed E-state index contributed by atoms with van der Waals surface area (Å²) in [5.74, 6) is 1.05. The van der Waals surface area contributed by atoms with Gasteiger partial charge in [-0.25, -0.2) is 14.4 Å². The van der Waals surface area contributed by atoms with Gasteiger partial charge in [-0.2, -0.15) is 0 Å². The number of anilines is 2. The number of rotatable bonds is 5. The zero-order valence-electron chi connectivity index (χ0n) is 18.9. The number of benzene rings is 1. The molecule has 6 nitrogen and oxygen atoms in total. The lowest BCUT2D eigenvalue weighted by atomic mass is 9.43. The average Bonchev–Trinajstić information content (AvgIpc) is 3.32. The van der Waals surface area contributed by atoms with Crippen molar-refractivity contribution >= 4 is 39.0 Å². The van der Waals surface area contributed by atoms with Gasteiger partial charge in [0.2, 0.25) is 0 Å². The van der Waals surface area contributed by atoms with Gasteiger partial charge in [0, 0.05) is 37.4 Å². The summed E-state index contributed by atoms with van der Waals surface area (Å²) >= 11 is 1.23. The van der Waals surface area contributed by atoms with Crippen molar-refractivity contribution in [2.24, 2.45) is 17.3 Å². The molecule has 33 heavy (non-hydrogen) atoms. The van der Waals surface area contributed by atoms with Gasteiger partial charge in [0.25, 0.3) is 5.91 Å². The molecular weight excluding hydrogens is 437 g/mol. The largest absolute Gasteiger partial charge is 0.396 e. The molecule has 3 fully saturated rings. The van der Waals surface area contributed by atoms with Crippen molar-refractivity contribution in [2.45, 2.75) is 39.0 Å². The normalized spacial score (nSPS) is 26.3. The molecule has 3 heterocycles. The van der Waals surface area contributed by atoms with Crippen LogP contribution < -0.4 is 16.0 Å². The van der Waals surface area contributed by atoms with Crippen LogP contribution in [0.5, 0.6) is 0 Å². The average molecular weight is 466 g/mol. The van der Waals surface area contributed by atoms with E-state index in [2.05, 4.69) is 20.2 Å². The van der Waals surface area contributed by atoms with Crippen LogP contribution in [-0.2, 0) is 0 Å². The number of carbonyl (C=O) groups is 1. The number of aromatic nitrogens is 2. The summed E-state index contributed by atoms with van der Waals surface area (Å²) in [6.45, 7) is 6.22. The third-order valence-electron chi connectivity index (χ3n) is 8.29. The Hall–Kier alpha value is -2.74. The zero-order valence-corrected chi connectivity index (χ0v) is 19.7. The second-order valence-corrected chi connectivity index (χ2v) is 11.1. The highest BCUT2D eigenvalue weighted by molar-refractivity contribution is 7.21. The molecule has 4 atom stereocenters. The van der Waals surface area contributed by atoms with E-state index < -0.39 is 0 Å². The lowest BCUT2D eigenvalue weighted by molar-refractivity contribution is -0.104. The third-order valence-corrected chi connectivity index (χ3v) is 9.38. The molecule has 1 amide bonds. The van der Waals surface area contributed by atoms with Crippen LogP contribution in [0.15, 0.2) is 24.4 Å². The van der Waals surface area contributed by atoms with Crippen LogP contribution in [0.2, 0.25) is 0 Å². The first-order chi connectivity index (χ1) is 15.9. The fourth-order valence-corrected chi connectivity index (χ4v) is 7.20. The minimum Gasteiger partial charge on any atom is -0.396 e. The molecule has 3 aromatic rings. The molecule has 1 spiro atoms. The molecular formula is C25H28FN5OS. The Bertz CT molecular complexity index is 1280. The number of nitrogens with two attached hydrogens (primary N) is 1. The number of nitrogens with one attached hydrogen (secondary N) is 1. The number of halogens is 1. The topological polar surface area (TPSA) is 84.1 Å². The summed E-state index contributed by atoms with van der Waals surface area (Å²) in [4.78, 5) is 24.9. The number of nitrogen functional groups attached to an aromatic ring is 1. The van der Waals surface area contributed by atoms with Gasteiger partial charge in [0.05, 0.1) is 11.4 Å². The van der Waals surface area contributed by atoms with E-state index in [1.165, 1.54) is 30.6 Å². The van der Waals surface area contributed by atoms with Crippen molar-refractivity contribution in [1.29, 1.82) is 0 Å².